The zero-order valence-electron chi connectivity index (χ0n) is 86.5. The average Bonchev–Trinajstić information content (AvgIpc) is 1.11. The normalized spacial score (nSPS) is 15.4. The Balaban J connectivity index is 0.752. The number of nitrogens with zero attached hydrogens (tertiary/aromatic N) is 2. The molecule has 20 N–H and O–H groups in total. The molecule has 4 heterocycles. The first-order valence-electron chi connectivity index (χ1n) is 50.9. The quantitative estimate of drug-likeness (QED) is 0.00956. The van der Waals surface area contributed by atoms with Crippen LogP contribution >= 0.6 is 0 Å². The van der Waals surface area contributed by atoms with Crippen molar-refractivity contribution in [2.75, 3.05) is 80.2 Å². The summed E-state index contributed by atoms with van der Waals surface area (Å²) in [5, 5.41) is 104. The van der Waals surface area contributed by atoms with Crippen molar-refractivity contribution in [2.24, 2.45) is 11.8 Å². The number of aliphatic hydroxyl groups is 1. The number of aromatic hydroxyl groups is 1. The molecule has 12 atom stereocenters. The molecule has 0 aliphatic carbocycles. The second-order valence-corrected chi connectivity index (χ2v) is 38.1. The fraction of sp³-hybridized carbons (Fsp3) is 0.450. The smallest absolute Gasteiger partial charge is 0.363 e. The highest BCUT2D eigenvalue weighted by Crippen LogP contribution is 2.46. The standard InChI is InChI=1S/C109H136N16O24/c1-15-22-33-74(119-104(139)83-36-28-42-124(83)105(140)94(56(8)16-2)122-96(131)62(14)116-101(136)79(53-89(129)130)120-98(133)66-30-26-32-68(108(144)145)91(66)93-71-46-60(12)77(112-20-6)51-86(71)149-87-52-78(113-21-7)61(13)47-72(87)93)100(135)121-81(55-126)102(137)123-95(57(9)17-3)106(141)125-43-27-35-82(125)103(138)118-73(99(134)115-54-88(128)117-80(109(146)147)48-63-37-39-64(127)40-38-63)34-23-24-41-114-97(132)65-29-25-31-67(107(142)143)90(65)92-69-44-58(10)75(110-18-4)49-84(69)148-85-50-76(111-19-5)59(11)45-70(85)92/h25-26,29-32,37-40,44-47,49-52,56-57,62,73-74,79-83,94-95,110-113,126H,15-24,27-28,33-36,41-43,48,53-55H2,1-14H3,(H13-2,114,115,116,117,118,119,120,121,122,123,127,128,129,130,131,132,133,134,135,136,137,138,139,142,143,144,145,146,147)/p+2/t56-,57-,62-,73-,74-,79-,80-,81-,82-,83-,94-,95-/m0/s1. The highest BCUT2D eigenvalue weighted by molar-refractivity contribution is 6.20. The van der Waals surface area contributed by atoms with E-state index in [0.29, 0.717) is 99.6 Å². The van der Waals surface area contributed by atoms with Crippen molar-refractivity contribution in [2.45, 2.75) is 247 Å². The minimum absolute atomic E-state index is 0.00676. The van der Waals surface area contributed by atoms with Crippen molar-refractivity contribution < 1.29 is 116 Å². The van der Waals surface area contributed by atoms with Crippen LogP contribution in [0.2, 0.25) is 0 Å². The lowest BCUT2D eigenvalue weighted by Crippen LogP contribution is -2.61. The van der Waals surface area contributed by atoms with Crippen molar-refractivity contribution in [1.82, 2.24) is 63.0 Å². The number of unbranched alkanes of at least 4 members (excludes halogenated alkanes) is 2. The summed E-state index contributed by atoms with van der Waals surface area (Å²) in [6.45, 7) is 25.5. The van der Waals surface area contributed by atoms with Crippen molar-refractivity contribution in [3.05, 3.63) is 159 Å². The molecule has 7 aromatic carbocycles. The summed E-state index contributed by atoms with van der Waals surface area (Å²) in [6.07, 6.45) is 0.906. The predicted molar refractivity (Wildman–Crippen MR) is 563 cm³/mol. The number of carboxylic acid groups (broad SMARTS) is 4. The molecule has 40 heteroatoms. The number of hydrogen-bond donors (Lipinski definition) is 20. The van der Waals surface area contributed by atoms with Gasteiger partial charge in [-0.15, -0.1) is 0 Å². The largest absolute Gasteiger partial charge is 0.508 e. The van der Waals surface area contributed by atoms with E-state index in [1.165, 1.54) is 77.4 Å². The third kappa shape index (κ3) is 27.6. The number of rotatable bonds is 51. The van der Waals surface area contributed by atoms with E-state index in [1.807, 2.05) is 86.6 Å². The van der Waals surface area contributed by atoms with Gasteiger partial charge in [-0.1, -0.05) is 84.6 Å². The summed E-state index contributed by atoms with van der Waals surface area (Å²) in [6, 6.07) is 13.8. The summed E-state index contributed by atoms with van der Waals surface area (Å²) in [5.74, 6) is -17.7. The number of phenols is 1. The first kappa shape index (κ1) is 114. The van der Waals surface area contributed by atoms with Gasteiger partial charge in [-0.3, -0.25) is 62.3 Å². The van der Waals surface area contributed by atoms with Gasteiger partial charge in [0.05, 0.1) is 76.5 Å². The first-order valence-corrected chi connectivity index (χ1v) is 50.9. The number of likely N-dealkylation sites (tertiary alicyclic amines) is 2. The highest BCUT2D eigenvalue weighted by atomic mass is 16.4. The van der Waals surface area contributed by atoms with Gasteiger partial charge in [0.15, 0.2) is 0 Å². The summed E-state index contributed by atoms with van der Waals surface area (Å²) >= 11 is 0. The predicted octanol–water partition coefficient (Wildman–Crippen LogP) is 10.7. The lowest BCUT2D eigenvalue weighted by Gasteiger charge is -2.33. The molecule has 40 nitrogen and oxygen atoms in total. The second kappa shape index (κ2) is 52.1. The number of aliphatic carboxylic acids is 2. The van der Waals surface area contributed by atoms with Gasteiger partial charge in [0.25, 0.3) is 11.8 Å². The molecule has 9 aromatic rings. The van der Waals surface area contributed by atoms with E-state index in [4.69, 9.17) is 8.83 Å². The summed E-state index contributed by atoms with van der Waals surface area (Å²) in [4.78, 5) is 230. The van der Waals surface area contributed by atoms with E-state index in [0.717, 1.165) is 45.0 Å². The third-order valence-corrected chi connectivity index (χ3v) is 27.4. The number of benzene rings is 7. The molecule has 12 amide bonds. The maximum atomic E-state index is 15.2. The van der Waals surface area contributed by atoms with Crippen LogP contribution in [0.5, 0.6) is 5.75 Å². The van der Waals surface area contributed by atoms with Crippen molar-refractivity contribution in [1.29, 1.82) is 0 Å². The fourth-order valence-corrected chi connectivity index (χ4v) is 19.0. The molecule has 0 bridgehead atoms. The summed E-state index contributed by atoms with van der Waals surface area (Å²) in [7, 11) is 0. The molecular weight excluding hydrogens is 1920 g/mol. The fourth-order valence-electron chi connectivity index (χ4n) is 19.0. The zero-order chi connectivity index (χ0) is 109. The molecule has 2 aromatic heterocycles. The number of carboxylic acids is 4. The molecule has 2 aliphatic heterocycles. The van der Waals surface area contributed by atoms with Gasteiger partial charge in [-0.25, -0.2) is 23.2 Å². The van der Waals surface area contributed by atoms with E-state index < -0.39 is 187 Å². The van der Waals surface area contributed by atoms with Gasteiger partial charge < -0.3 is 115 Å². The van der Waals surface area contributed by atoms with E-state index in [-0.39, 0.29) is 129 Å². The Hall–Kier alpha value is -15.6. The number of fused-ring (bicyclic) bond motifs is 4. The molecule has 2 saturated heterocycles. The number of carbonyl (C=O) groups is 16. The maximum Gasteiger partial charge on any atom is 0.363 e. The maximum absolute atomic E-state index is 15.2. The number of amides is 12. The molecule has 0 spiro atoms. The van der Waals surface area contributed by atoms with Crippen LogP contribution in [0, 0.1) is 39.5 Å². The number of aromatic carboxylic acids is 2. The van der Waals surface area contributed by atoms with Crippen LogP contribution < -0.4 is 74.4 Å². The SMILES string of the molecule is CCCC[C@H](NC(=O)[C@@H]1CCCN1C(=O)[C@@H](NC(=O)[C@H](C)NC(=O)[C@H](CC(=O)O)NC(=O)c1cccc(C(=O)O)c1-c1c2cc(C)c(NCC)cc2[o+]c2cc(NCC)c(C)cc12)[C@@H](C)CC)C(=O)N[C@@H](CO)C(=O)N[C@H](C(=O)N1CCC[C@H]1C(=O)N[C@@H](CCCCNC(=O)c1cccc(C(=O)O)c1-c1c2cc(C)c(NCC)cc2[o+]c2cc(NCC)c(C)cc12)C(=O)NCC(=O)N[C@@H](Cc1ccc(O)cc1)C(=O)O)[C@@H](C)CC. The number of aliphatic hydroxyl groups excluding tert-OH is 1. The van der Waals surface area contributed by atoms with E-state index in [2.05, 4.69) is 74.4 Å². The molecule has 149 heavy (non-hydrogen) atoms. The van der Waals surface area contributed by atoms with Gasteiger partial charge in [0.2, 0.25) is 59.1 Å². The van der Waals surface area contributed by atoms with Crippen LogP contribution in [0.15, 0.2) is 118 Å². The van der Waals surface area contributed by atoms with Gasteiger partial charge >= 0.3 is 46.2 Å². The topological polar surface area (TPSA) is 592 Å². The number of hydrogen-bond acceptors (Lipinski definition) is 22. The Morgan fingerprint density at radius 2 is 0.826 bits per heavy atom. The highest BCUT2D eigenvalue weighted by Gasteiger charge is 2.45. The zero-order valence-corrected chi connectivity index (χ0v) is 86.5. The van der Waals surface area contributed by atoms with Crippen LogP contribution in [0.3, 0.4) is 0 Å². The summed E-state index contributed by atoms with van der Waals surface area (Å²) < 4.78 is 13.1. The Morgan fingerprint density at radius 1 is 0.416 bits per heavy atom. The van der Waals surface area contributed by atoms with Crippen LogP contribution in [-0.4, -0.2) is 255 Å². The van der Waals surface area contributed by atoms with Crippen molar-refractivity contribution in [3.63, 3.8) is 0 Å². The molecular formula is C109H138N16O24+2. The van der Waals surface area contributed by atoms with Crippen LogP contribution in [-0.2, 0) is 64.0 Å². The molecule has 0 unspecified atom stereocenters. The van der Waals surface area contributed by atoms with Crippen LogP contribution in [0.1, 0.15) is 222 Å². The van der Waals surface area contributed by atoms with Gasteiger partial charge in [0.1, 0.15) is 66.2 Å². The molecule has 2 fully saturated rings. The minimum Gasteiger partial charge on any atom is -0.508 e. The summed E-state index contributed by atoms with van der Waals surface area (Å²) in [5.41, 5.74) is 8.17. The van der Waals surface area contributed by atoms with Crippen LogP contribution in [0.4, 0.5) is 22.7 Å². The van der Waals surface area contributed by atoms with Gasteiger partial charge in [-0.2, -0.15) is 0 Å². The minimum atomic E-state index is -1.90. The van der Waals surface area contributed by atoms with Gasteiger partial charge in [-0.05, 0) is 214 Å². The van der Waals surface area contributed by atoms with E-state index >= 15 is 9.59 Å². The third-order valence-electron chi connectivity index (χ3n) is 27.4. The van der Waals surface area contributed by atoms with E-state index in [9.17, 15) is 97.8 Å². The molecule has 0 saturated carbocycles. The molecule has 11 rings (SSSR count). The second-order valence-electron chi connectivity index (χ2n) is 38.1. The number of aryl methyl sites for hydroxylation is 4. The van der Waals surface area contributed by atoms with Crippen LogP contribution in [0.25, 0.3) is 66.1 Å². The number of carbonyl (C=O) groups excluding carboxylic acids is 12. The lowest BCUT2D eigenvalue weighted by atomic mass is 9.88. The first-order chi connectivity index (χ1) is 71.1. The Kier molecular flexibility index (Phi) is 39.8. The Morgan fingerprint density at radius 3 is 1.23 bits per heavy atom. The number of nitrogens with one attached hydrogen (secondary N) is 14. The monoisotopic (exact) mass is 2060 g/mol. The van der Waals surface area contributed by atoms with Gasteiger partial charge in [0, 0.05) is 108 Å². The number of phenolic OH excluding ortho intramolecular Hbond substituents is 1. The average molecular weight is 2060 g/mol. The number of anilines is 4. The lowest BCUT2D eigenvalue weighted by molar-refractivity contribution is -0.144. The van der Waals surface area contributed by atoms with Crippen molar-refractivity contribution in [3.8, 4) is 28.0 Å². The molecule has 0 radical (unpaired) electrons. The van der Waals surface area contributed by atoms with E-state index in [1.54, 1.807) is 52.0 Å². The van der Waals surface area contributed by atoms with Crippen molar-refractivity contribution >= 4 is 161 Å². The molecule has 796 valence electrons. The Labute approximate surface area is 862 Å². The molecule has 2 aliphatic rings. The Bertz CT molecular complexity index is 6430.